The van der Waals surface area contributed by atoms with Gasteiger partial charge in [-0.3, -0.25) is 4.90 Å². The first-order valence-corrected chi connectivity index (χ1v) is 6.18. The highest BCUT2D eigenvalue weighted by Crippen LogP contribution is 2.24. The fraction of sp³-hybridized carbons (Fsp3) is 0.429. The Morgan fingerprint density at radius 3 is 2.94 bits per heavy atom. The van der Waals surface area contributed by atoms with Crippen molar-refractivity contribution in [1.29, 1.82) is 5.26 Å². The minimum absolute atomic E-state index is 0.266. The molecule has 0 saturated heterocycles. The number of fused-ring (bicyclic) bond motifs is 1. The third kappa shape index (κ3) is 2.62. The largest absolute Gasteiger partial charge is 0.449 e. The summed E-state index contributed by atoms with van der Waals surface area (Å²) in [6, 6.07) is 7.64. The molecule has 0 fully saturated rings. The smallest absolute Gasteiger partial charge is 0.410 e. The molecule has 94 valence electrons. The monoisotopic (exact) mass is 244 g/mol. The molecule has 0 N–H and O–H groups in total. The fourth-order valence-electron chi connectivity index (χ4n) is 1.99. The molecule has 0 unspecified atom stereocenters. The third-order valence-electron chi connectivity index (χ3n) is 3.04. The zero-order valence-corrected chi connectivity index (χ0v) is 10.5. The van der Waals surface area contributed by atoms with Crippen LogP contribution in [-0.2, 0) is 17.8 Å². The van der Waals surface area contributed by atoms with Crippen molar-refractivity contribution < 1.29 is 9.53 Å². The SMILES string of the molecule is CCCCOC(=O)N1Cc2ccc(C#N)cc2C1. The van der Waals surface area contributed by atoms with Gasteiger partial charge in [-0.2, -0.15) is 5.26 Å². The summed E-state index contributed by atoms with van der Waals surface area (Å²) in [7, 11) is 0. The first-order chi connectivity index (χ1) is 8.74. The number of ether oxygens (including phenoxy) is 1. The highest BCUT2D eigenvalue weighted by atomic mass is 16.6. The molecule has 0 bridgehead atoms. The molecular formula is C14H16N2O2. The minimum atomic E-state index is -0.266. The number of carbonyl (C=O) groups is 1. The van der Waals surface area contributed by atoms with Crippen molar-refractivity contribution in [2.75, 3.05) is 6.61 Å². The van der Waals surface area contributed by atoms with Gasteiger partial charge in [-0.1, -0.05) is 19.4 Å². The van der Waals surface area contributed by atoms with E-state index in [0.717, 1.165) is 24.0 Å². The molecule has 4 heteroatoms. The van der Waals surface area contributed by atoms with E-state index in [1.54, 1.807) is 11.0 Å². The molecule has 0 aliphatic carbocycles. The Morgan fingerprint density at radius 2 is 2.22 bits per heavy atom. The first kappa shape index (κ1) is 12.4. The Morgan fingerprint density at radius 1 is 1.44 bits per heavy atom. The van der Waals surface area contributed by atoms with E-state index in [-0.39, 0.29) is 6.09 Å². The number of nitrogens with zero attached hydrogens (tertiary/aromatic N) is 2. The van der Waals surface area contributed by atoms with E-state index >= 15 is 0 Å². The number of hydrogen-bond acceptors (Lipinski definition) is 3. The van der Waals surface area contributed by atoms with Gasteiger partial charge >= 0.3 is 6.09 Å². The molecule has 1 aromatic rings. The predicted molar refractivity (Wildman–Crippen MR) is 66.7 cm³/mol. The van der Waals surface area contributed by atoms with Gasteiger partial charge in [0.2, 0.25) is 0 Å². The van der Waals surface area contributed by atoms with Crippen molar-refractivity contribution in [1.82, 2.24) is 4.90 Å². The minimum Gasteiger partial charge on any atom is -0.449 e. The second-order valence-electron chi connectivity index (χ2n) is 4.42. The fourth-order valence-corrected chi connectivity index (χ4v) is 1.99. The molecule has 0 radical (unpaired) electrons. The van der Waals surface area contributed by atoms with Crippen LogP contribution in [0.5, 0.6) is 0 Å². The topological polar surface area (TPSA) is 53.3 Å². The molecule has 1 aliphatic heterocycles. The summed E-state index contributed by atoms with van der Waals surface area (Å²) in [6.45, 7) is 3.65. The standard InChI is InChI=1S/C14H16N2O2/c1-2-3-6-18-14(17)16-9-12-5-4-11(8-15)7-13(12)10-16/h4-5,7H,2-3,6,9-10H2,1H3. The lowest BCUT2D eigenvalue weighted by Gasteiger charge is -2.14. The van der Waals surface area contributed by atoms with Crippen molar-refractivity contribution in [3.63, 3.8) is 0 Å². The molecule has 1 amide bonds. The van der Waals surface area contributed by atoms with E-state index in [2.05, 4.69) is 13.0 Å². The zero-order chi connectivity index (χ0) is 13.0. The van der Waals surface area contributed by atoms with Crippen molar-refractivity contribution in [2.45, 2.75) is 32.9 Å². The average molecular weight is 244 g/mol. The van der Waals surface area contributed by atoms with E-state index in [1.807, 2.05) is 12.1 Å². The van der Waals surface area contributed by atoms with Gasteiger partial charge in [0.1, 0.15) is 0 Å². The Kier molecular flexibility index (Phi) is 3.83. The second kappa shape index (κ2) is 5.54. The molecule has 0 saturated carbocycles. The van der Waals surface area contributed by atoms with E-state index in [9.17, 15) is 4.79 Å². The lowest BCUT2D eigenvalue weighted by Crippen LogP contribution is -2.26. The number of hydrogen-bond donors (Lipinski definition) is 0. The lowest BCUT2D eigenvalue weighted by molar-refractivity contribution is 0.100. The van der Waals surface area contributed by atoms with Crippen LogP contribution in [0.2, 0.25) is 0 Å². The van der Waals surface area contributed by atoms with Crippen LogP contribution in [0, 0.1) is 11.3 Å². The quantitative estimate of drug-likeness (QED) is 0.768. The Bertz CT molecular complexity index is 491. The lowest BCUT2D eigenvalue weighted by atomic mass is 10.1. The van der Waals surface area contributed by atoms with Crippen molar-refractivity contribution in [3.05, 3.63) is 34.9 Å². The van der Waals surface area contributed by atoms with E-state index in [4.69, 9.17) is 10.00 Å². The van der Waals surface area contributed by atoms with Gasteiger partial charge in [0.05, 0.1) is 18.2 Å². The molecule has 1 heterocycles. The Labute approximate surface area is 107 Å². The summed E-state index contributed by atoms with van der Waals surface area (Å²) in [5.41, 5.74) is 2.78. The number of unbranched alkanes of at least 4 members (excludes halogenated alkanes) is 1. The number of amides is 1. The maximum atomic E-state index is 11.8. The maximum absolute atomic E-state index is 11.8. The first-order valence-electron chi connectivity index (χ1n) is 6.18. The van der Waals surface area contributed by atoms with Gasteiger partial charge in [-0.15, -0.1) is 0 Å². The van der Waals surface area contributed by atoms with Crippen molar-refractivity contribution in [3.8, 4) is 6.07 Å². The predicted octanol–water partition coefficient (Wildman–Crippen LogP) is 2.81. The van der Waals surface area contributed by atoms with Gasteiger partial charge in [0.25, 0.3) is 0 Å². The molecule has 2 rings (SSSR count). The van der Waals surface area contributed by atoms with Crippen LogP contribution in [0.4, 0.5) is 4.79 Å². The number of nitriles is 1. The van der Waals surface area contributed by atoms with Crippen molar-refractivity contribution >= 4 is 6.09 Å². The van der Waals surface area contributed by atoms with E-state index in [0.29, 0.717) is 25.3 Å². The van der Waals surface area contributed by atoms with Crippen molar-refractivity contribution in [2.24, 2.45) is 0 Å². The molecule has 18 heavy (non-hydrogen) atoms. The Hall–Kier alpha value is -2.02. The van der Waals surface area contributed by atoms with Crippen LogP contribution in [0.1, 0.15) is 36.5 Å². The van der Waals surface area contributed by atoms with Gasteiger partial charge in [-0.25, -0.2) is 4.79 Å². The highest BCUT2D eigenvalue weighted by molar-refractivity contribution is 5.69. The van der Waals surface area contributed by atoms with Crippen LogP contribution in [0.15, 0.2) is 18.2 Å². The Balaban J connectivity index is 1.97. The van der Waals surface area contributed by atoms with E-state index in [1.165, 1.54) is 0 Å². The molecule has 0 spiro atoms. The number of benzene rings is 1. The number of rotatable bonds is 3. The molecule has 4 nitrogen and oxygen atoms in total. The molecule has 0 atom stereocenters. The van der Waals surface area contributed by atoms with Gasteiger partial charge in [0, 0.05) is 13.1 Å². The molecule has 1 aliphatic rings. The summed E-state index contributed by atoms with van der Waals surface area (Å²) in [5.74, 6) is 0. The third-order valence-corrected chi connectivity index (χ3v) is 3.04. The molecule has 0 aromatic heterocycles. The molecular weight excluding hydrogens is 228 g/mol. The summed E-state index contributed by atoms with van der Waals surface area (Å²) in [5, 5.41) is 8.83. The summed E-state index contributed by atoms with van der Waals surface area (Å²) in [6.07, 6.45) is 1.64. The summed E-state index contributed by atoms with van der Waals surface area (Å²) >= 11 is 0. The number of carbonyl (C=O) groups excluding carboxylic acids is 1. The van der Waals surface area contributed by atoms with Crippen LogP contribution >= 0.6 is 0 Å². The van der Waals surface area contributed by atoms with Gasteiger partial charge < -0.3 is 4.74 Å². The van der Waals surface area contributed by atoms with Crippen LogP contribution in [0.25, 0.3) is 0 Å². The van der Waals surface area contributed by atoms with E-state index < -0.39 is 0 Å². The highest BCUT2D eigenvalue weighted by Gasteiger charge is 2.24. The van der Waals surface area contributed by atoms with Gasteiger partial charge in [-0.05, 0) is 29.7 Å². The van der Waals surface area contributed by atoms with Crippen LogP contribution in [0.3, 0.4) is 0 Å². The van der Waals surface area contributed by atoms with Crippen LogP contribution in [-0.4, -0.2) is 17.6 Å². The zero-order valence-electron chi connectivity index (χ0n) is 10.5. The normalized spacial score (nSPS) is 13.0. The average Bonchev–Trinajstić information content (AvgIpc) is 2.81. The maximum Gasteiger partial charge on any atom is 0.410 e. The van der Waals surface area contributed by atoms with Gasteiger partial charge in [0.15, 0.2) is 0 Å². The molecule has 1 aromatic carbocycles. The summed E-state index contributed by atoms with van der Waals surface area (Å²) in [4.78, 5) is 13.4. The van der Waals surface area contributed by atoms with Crippen LogP contribution < -0.4 is 0 Å². The summed E-state index contributed by atoms with van der Waals surface area (Å²) < 4.78 is 5.18. The second-order valence-corrected chi connectivity index (χ2v) is 4.42.